The summed E-state index contributed by atoms with van der Waals surface area (Å²) in [5, 5.41) is 0. The van der Waals surface area contributed by atoms with Gasteiger partial charge in [0.2, 0.25) is 0 Å². The molecule has 1 aromatic carbocycles. The number of hydrogen-bond acceptors (Lipinski definition) is 0. The quantitative estimate of drug-likeness (QED) is 0.439. The van der Waals surface area contributed by atoms with Crippen molar-refractivity contribution in [2.75, 3.05) is 0 Å². The van der Waals surface area contributed by atoms with Crippen LogP contribution < -0.4 is 16.1 Å². The SMILES string of the molecule is Cl.Cl.O.[Cl-].[Mg+][c]1ccccc1. The van der Waals surface area contributed by atoms with Crippen molar-refractivity contribution >= 4 is 50.2 Å². The van der Waals surface area contributed by atoms with E-state index in [0.29, 0.717) is 0 Å². The van der Waals surface area contributed by atoms with E-state index in [1.165, 1.54) is 3.69 Å². The molecule has 0 radical (unpaired) electrons. The molecule has 62 valence electrons. The van der Waals surface area contributed by atoms with E-state index >= 15 is 0 Å². The minimum atomic E-state index is 0. The van der Waals surface area contributed by atoms with Gasteiger partial charge in [-0.05, 0) is 0 Å². The van der Waals surface area contributed by atoms with Gasteiger partial charge in [-0.3, -0.25) is 0 Å². The summed E-state index contributed by atoms with van der Waals surface area (Å²) in [4.78, 5) is 0. The first kappa shape index (κ1) is 22.6. The zero-order valence-electron chi connectivity index (χ0n) is 5.79. The molecular weight excluding hydrogens is 219 g/mol. The van der Waals surface area contributed by atoms with E-state index in [1.54, 1.807) is 0 Å². The van der Waals surface area contributed by atoms with Crippen LogP contribution in [-0.2, 0) is 0 Å². The van der Waals surface area contributed by atoms with Gasteiger partial charge in [-0.1, -0.05) is 0 Å². The van der Waals surface area contributed by atoms with Crippen LogP contribution in [0.25, 0.3) is 0 Å². The molecule has 0 fully saturated rings. The van der Waals surface area contributed by atoms with Gasteiger partial charge in [-0.25, -0.2) is 0 Å². The van der Waals surface area contributed by atoms with Crippen molar-refractivity contribution in [1.82, 2.24) is 0 Å². The molecule has 1 rings (SSSR count). The van der Waals surface area contributed by atoms with Crippen molar-refractivity contribution in [2.45, 2.75) is 0 Å². The molecule has 0 atom stereocenters. The van der Waals surface area contributed by atoms with Crippen LogP contribution in [0.4, 0.5) is 0 Å². The Morgan fingerprint density at radius 2 is 1.27 bits per heavy atom. The minimum absolute atomic E-state index is 0. The fourth-order valence-corrected chi connectivity index (χ4v) is 0.750. The summed E-state index contributed by atoms with van der Waals surface area (Å²) in [6.07, 6.45) is 0. The number of benzene rings is 1. The molecule has 1 nitrogen and oxygen atoms in total. The molecule has 0 aliphatic rings. The molecule has 2 N–H and O–H groups in total. The molecule has 0 saturated carbocycles. The summed E-state index contributed by atoms with van der Waals surface area (Å²) in [5.41, 5.74) is 0. The van der Waals surface area contributed by atoms with Crippen molar-refractivity contribution in [3.05, 3.63) is 30.3 Å². The molecule has 0 bridgehead atoms. The predicted octanol–water partition coefficient (Wildman–Crippen LogP) is -2.50. The molecule has 0 aliphatic carbocycles. The number of halogens is 3. The van der Waals surface area contributed by atoms with Gasteiger partial charge in [-0.2, -0.15) is 0 Å². The third kappa shape index (κ3) is 10.8. The Kier molecular flexibility index (Phi) is 27.6. The van der Waals surface area contributed by atoms with Crippen LogP contribution in [0.5, 0.6) is 0 Å². The van der Waals surface area contributed by atoms with Crippen LogP contribution in [0.2, 0.25) is 0 Å². The summed E-state index contributed by atoms with van der Waals surface area (Å²) < 4.78 is 1.35. The molecule has 5 heteroatoms. The first-order valence-electron chi connectivity index (χ1n) is 2.26. The van der Waals surface area contributed by atoms with Crippen molar-refractivity contribution in [3.8, 4) is 0 Å². The van der Waals surface area contributed by atoms with E-state index in [2.05, 4.69) is 12.1 Å². The maximum atomic E-state index is 2.10. The van der Waals surface area contributed by atoms with Crippen LogP contribution in [0, 0.1) is 0 Å². The summed E-state index contributed by atoms with van der Waals surface area (Å²) >= 11 is 1.90. The molecule has 0 unspecified atom stereocenters. The fourth-order valence-electron chi connectivity index (χ4n) is 0.478. The fraction of sp³-hybridized carbons (Fsp3) is 0. The molecule has 0 saturated heterocycles. The summed E-state index contributed by atoms with van der Waals surface area (Å²) in [6, 6.07) is 10.3. The summed E-state index contributed by atoms with van der Waals surface area (Å²) in [5.74, 6) is 0. The van der Waals surface area contributed by atoms with Gasteiger partial charge < -0.3 is 17.9 Å². The van der Waals surface area contributed by atoms with E-state index in [4.69, 9.17) is 0 Å². The van der Waals surface area contributed by atoms with E-state index in [9.17, 15) is 0 Å². The first-order chi connectivity index (χ1) is 3.39. The van der Waals surface area contributed by atoms with Crippen LogP contribution >= 0.6 is 24.8 Å². The van der Waals surface area contributed by atoms with Gasteiger partial charge in [0.05, 0.1) is 0 Å². The molecule has 0 spiro atoms. The van der Waals surface area contributed by atoms with Crippen molar-refractivity contribution < 1.29 is 17.9 Å². The van der Waals surface area contributed by atoms with Gasteiger partial charge in [0.25, 0.3) is 0 Å². The Bertz CT molecular complexity index is 148. The molecule has 0 aromatic heterocycles. The third-order valence-corrected chi connectivity index (χ3v) is 1.31. The molecule has 0 amide bonds. The predicted molar refractivity (Wildman–Crippen MR) is 49.9 cm³/mol. The molecule has 11 heavy (non-hydrogen) atoms. The average molecular weight is 228 g/mol. The summed E-state index contributed by atoms with van der Waals surface area (Å²) in [7, 11) is 0. The Hall–Kier alpha value is 0.816. The topological polar surface area (TPSA) is 31.5 Å². The van der Waals surface area contributed by atoms with Crippen molar-refractivity contribution in [2.24, 2.45) is 0 Å². The normalized spacial score (nSPS) is 5.64. The van der Waals surface area contributed by atoms with Crippen LogP contribution in [0.3, 0.4) is 0 Å². The standard InChI is InChI=1S/C6H5.3ClH.Mg.H2O/c1-2-4-6-5-3-1;;;;;/h1-5H;3*1H;;1H2/q;;;;+1;/p-1. The van der Waals surface area contributed by atoms with E-state index < -0.39 is 0 Å². The molecular formula is C6H9Cl3MgO. The summed E-state index contributed by atoms with van der Waals surface area (Å²) in [6.45, 7) is 0. The Labute approximate surface area is 97.9 Å². The maximum absolute atomic E-state index is 2.10. The van der Waals surface area contributed by atoms with Crippen molar-refractivity contribution in [1.29, 1.82) is 0 Å². The Balaban J connectivity index is -0.0000000612. The number of hydrogen-bond donors (Lipinski definition) is 0. The molecule has 0 heterocycles. The zero-order valence-corrected chi connectivity index (χ0v) is 9.59. The van der Waals surface area contributed by atoms with Gasteiger partial charge in [-0.15, -0.1) is 24.8 Å². The van der Waals surface area contributed by atoms with Crippen LogP contribution in [-0.4, -0.2) is 27.2 Å². The average Bonchev–Trinajstić information content (AvgIpc) is 1.69. The second-order valence-electron chi connectivity index (χ2n) is 1.49. The molecule has 0 aliphatic heterocycles. The number of rotatable bonds is 0. The van der Waals surface area contributed by atoms with E-state index in [0.717, 1.165) is 0 Å². The van der Waals surface area contributed by atoms with Gasteiger partial charge in [0.1, 0.15) is 0 Å². The van der Waals surface area contributed by atoms with Crippen LogP contribution in [0.1, 0.15) is 0 Å². The van der Waals surface area contributed by atoms with E-state index in [1.807, 2.05) is 39.9 Å². The van der Waals surface area contributed by atoms with E-state index in [-0.39, 0.29) is 42.7 Å². The zero-order chi connectivity index (χ0) is 5.11. The third-order valence-electron chi connectivity index (χ3n) is 0.843. The van der Waals surface area contributed by atoms with Crippen molar-refractivity contribution in [3.63, 3.8) is 0 Å². The second kappa shape index (κ2) is 13.4. The monoisotopic (exact) mass is 226 g/mol. The van der Waals surface area contributed by atoms with Crippen LogP contribution in [0.15, 0.2) is 30.3 Å². The van der Waals surface area contributed by atoms with Gasteiger partial charge >= 0.3 is 55.7 Å². The van der Waals surface area contributed by atoms with Gasteiger partial charge in [0, 0.05) is 0 Å². The second-order valence-corrected chi connectivity index (χ2v) is 2.30. The Morgan fingerprint density at radius 3 is 1.45 bits per heavy atom. The Morgan fingerprint density at radius 1 is 0.909 bits per heavy atom. The molecule has 1 aromatic rings. The first-order valence-corrected chi connectivity index (χ1v) is 2.97. The van der Waals surface area contributed by atoms with Gasteiger partial charge in [0.15, 0.2) is 0 Å².